The van der Waals surface area contributed by atoms with E-state index in [1.165, 1.54) is 0 Å². The maximum atomic E-state index is 11.0. The van der Waals surface area contributed by atoms with Crippen LogP contribution < -0.4 is 0 Å². The van der Waals surface area contributed by atoms with Gasteiger partial charge in [-0.1, -0.05) is 18.2 Å². The van der Waals surface area contributed by atoms with Crippen molar-refractivity contribution in [2.45, 2.75) is 12.8 Å². The van der Waals surface area contributed by atoms with Crippen molar-refractivity contribution in [3.05, 3.63) is 36.2 Å². The number of carboxylic acids is 1. The third-order valence-electron chi connectivity index (χ3n) is 1.69. The Morgan fingerprint density at radius 2 is 2.27 bits per heavy atom. The van der Waals surface area contributed by atoms with Gasteiger partial charge in [0.15, 0.2) is 0 Å². The van der Waals surface area contributed by atoms with Gasteiger partial charge in [-0.25, -0.2) is 0 Å². The lowest BCUT2D eigenvalue weighted by Gasteiger charge is -1.92. The molecule has 4 heteroatoms. The summed E-state index contributed by atoms with van der Waals surface area (Å²) in [5.41, 5.74) is 0.889. The standard InChI is InChI=1S/C11H11NO3/c13-10(7-11(14)15)5-1-3-9-4-2-6-12-8-9/h1-4,6,8H,5,7H2,(H,14,15). The number of allylic oxidation sites excluding steroid dienone is 1. The number of rotatable bonds is 5. The van der Waals surface area contributed by atoms with E-state index in [9.17, 15) is 9.59 Å². The van der Waals surface area contributed by atoms with E-state index in [0.717, 1.165) is 5.56 Å². The largest absolute Gasteiger partial charge is 0.481 e. The van der Waals surface area contributed by atoms with Crippen LogP contribution in [0.3, 0.4) is 0 Å². The fraction of sp³-hybridized carbons (Fsp3) is 0.182. The summed E-state index contributed by atoms with van der Waals surface area (Å²) in [6.07, 6.45) is 6.43. The first-order valence-corrected chi connectivity index (χ1v) is 4.48. The molecule has 0 aliphatic rings. The number of hydrogen-bond acceptors (Lipinski definition) is 3. The van der Waals surface area contributed by atoms with Crippen LogP contribution >= 0.6 is 0 Å². The van der Waals surface area contributed by atoms with Crippen LogP contribution in [-0.2, 0) is 9.59 Å². The Morgan fingerprint density at radius 1 is 1.47 bits per heavy atom. The summed E-state index contributed by atoms with van der Waals surface area (Å²) in [5.74, 6) is -1.39. The minimum Gasteiger partial charge on any atom is -0.481 e. The lowest BCUT2D eigenvalue weighted by molar-refractivity contribution is -0.140. The summed E-state index contributed by atoms with van der Waals surface area (Å²) in [7, 11) is 0. The van der Waals surface area contributed by atoms with Crippen LogP contribution in [0.4, 0.5) is 0 Å². The topological polar surface area (TPSA) is 67.3 Å². The minimum atomic E-state index is -1.09. The van der Waals surface area contributed by atoms with Gasteiger partial charge in [-0.15, -0.1) is 0 Å². The highest BCUT2D eigenvalue weighted by molar-refractivity contribution is 5.95. The molecule has 0 saturated heterocycles. The third kappa shape index (κ3) is 4.71. The summed E-state index contributed by atoms with van der Waals surface area (Å²) < 4.78 is 0. The first-order chi connectivity index (χ1) is 7.18. The molecule has 1 N–H and O–H groups in total. The van der Waals surface area contributed by atoms with Crippen molar-refractivity contribution < 1.29 is 14.7 Å². The van der Waals surface area contributed by atoms with E-state index in [1.54, 1.807) is 30.6 Å². The van der Waals surface area contributed by atoms with Gasteiger partial charge in [0.1, 0.15) is 12.2 Å². The number of pyridine rings is 1. The van der Waals surface area contributed by atoms with Gasteiger partial charge in [0.2, 0.25) is 0 Å². The smallest absolute Gasteiger partial charge is 0.310 e. The number of hydrogen-bond donors (Lipinski definition) is 1. The van der Waals surface area contributed by atoms with Crippen LogP contribution in [0.5, 0.6) is 0 Å². The van der Waals surface area contributed by atoms with Crippen LogP contribution in [0.25, 0.3) is 6.08 Å². The van der Waals surface area contributed by atoms with Gasteiger partial charge in [-0.05, 0) is 11.6 Å². The van der Waals surface area contributed by atoms with Gasteiger partial charge < -0.3 is 5.11 Å². The fourth-order valence-corrected chi connectivity index (χ4v) is 1.04. The van der Waals surface area contributed by atoms with Crippen LogP contribution in [0.1, 0.15) is 18.4 Å². The van der Waals surface area contributed by atoms with Crippen molar-refractivity contribution in [3.8, 4) is 0 Å². The van der Waals surface area contributed by atoms with Gasteiger partial charge in [0.05, 0.1) is 0 Å². The van der Waals surface area contributed by atoms with Gasteiger partial charge in [0.25, 0.3) is 0 Å². The second-order valence-corrected chi connectivity index (χ2v) is 3.00. The van der Waals surface area contributed by atoms with Crippen LogP contribution in [0.15, 0.2) is 30.6 Å². The van der Waals surface area contributed by atoms with Gasteiger partial charge in [0, 0.05) is 18.8 Å². The molecule has 0 saturated carbocycles. The van der Waals surface area contributed by atoms with Crippen molar-refractivity contribution in [2.24, 2.45) is 0 Å². The van der Waals surface area contributed by atoms with E-state index >= 15 is 0 Å². The zero-order chi connectivity index (χ0) is 11.1. The SMILES string of the molecule is O=C(O)CC(=O)CC=Cc1cccnc1. The molecule has 1 aromatic rings. The molecule has 0 bridgehead atoms. The summed E-state index contributed by atoms with van der Waals surface area (Å²) in [4.78, 5) is 25.1. The molecule has 0 radical (unpaired) electrons. The Labute approximate surface area is 87.3 Å². The van der Waals surface area contributed by atoms with E-state index in [0.29, 0.717) is 0 Å². The minimum absolute atomic E-state index is 0.140. The number of ketones is 1. The monoisotopic (exact) mass is 205 g/mol. The maximum absolute atomic E-state index is 11.0. The Hall–Kier alpha value is -1.97. The van der Waals surface area contributed by atoms with Gasteiger partial charge >= 0.3 is 5.97 Å². The highest BCUT2D eigenvalue weighted by atomic mass is 16.4. The molecule has 0 aromatic carbocycles. The van der Waals surface area contributed by atoms with Crippen molar-refractivity contribution in [1.82, 2.24) is 4.98 Å². The summed E-state index contributed by atoms with van der Waals surface area (Å²) in [6.45, 7) is 0. The number of nitrogens with zero attached hydrogens (tertiary/aromatic N) is 1. The van der Waals surface area contributed by atoms with Gasteiger partial charge in [-0.3, -0.25) is 14.6 Å². The number of Topliss-reactive ketones (excluding diaryl/α,β-unsaturated/α-hetero) is 1. The molecule has 0 aliphatic carbocycles. The highest BCUT2D eigenvalue weighted by Crippen LogP contribution is 2.00. The molecular formula is C11H11NO3. The molecule has 78 valence electrons. The molecule has 0 spiro atoms. The zero-order valence-corrected chi connectivity index (χ0v) is 8.09. The molecular weight excluding hydrogens is 194 g/mol. The predicted octanol–water partition coefficient (Wildman–Crippen LogP) is 1.53. The first-order valence-electron chi connectivity index (χ1n) is 4.48. The zero-order valence-electron chi connectivity index (χ0n) is 8.09. The number of carbonyl (C=O) groups is 2. The second-order valence-electron chi connectivity index (χ2n) is 3.00. The summed E-state index contributed by atoms with van der Waals surface area (Å²) >= 11 is 0. The Morgan fingerprint density at radius 3 is 2.87 bits per heavy atom. The molecule has 0 fully saturated rings. The predicted molar refractivity (Wildman–Crippen MR) is 55.1 cm³/mol. The molecule has 4 nitrogen and oxygen atoms in total. The van der Waals surface area contributed by atoms with Crippen molar-refractivity contribution >= 4 is 17.8 Å². The van der Waals surface area contributed by atoms with E-state index in [-0.39, 0.29) is 12.2 Å². The molecule has 0 amide bonds. The molecule has 15 heavy (non-hydrogen) atoms. The summed E-state index contributed by atoms with van der Waals surface area (Å²) in [6, 6.07) is 3.64. The van der Waals surface area contributed by atoms with Gasteiger partial charge in [-0.2, -0.15) is 0 Å². The first kappa shape index (κ1) is 11.1. The third-order valence-corrected chi connectivity index (χ3v) is 1.69. The van der Waals surface area contributed by atoms with Crippen LogP contribution in [0, 0.1) is 0 Å². The number of carboxylic acid groups (broad SMARTS) is 1. The average molecular weight is 205 g/mol. The van der Waals surface area contributed by atoms with Crippen molar-refractivity contribution in [2.75, 3.05) is 0 Å². The molecule has 1 rings (SSSR count). The van der Waals surface area contributed by atoms with E-state index in [4.69, 9.17) is 5.11 Å². The molecule has 1 heterocycles. The Kier molecular flexibility index (Phi) is 4.22. The Balaban J connectivity index is 2.40. The number of aromatic nitrogens is 1. The van der Waals surface area contributed by atoms with Crippen LogP contribution in [-0.4, -0.2) is 21.8 Å². The van der Waals surface area contributed by atoms with Crippen LogP contribution in [0.2, 0.25) is 0 Å². The van der Waals surface area contributed by atoms with Crippen molar-refractivity contribution in [1.29, 1.82) is 0 Å². The second kappa shape index (κ2) is 5.70. The van der Waals surface area contributed by atoms with E-state index < -0.39 is 12.4 Å². The average Bonchev–Trinajstić information content (AvgIpc) is 2.18. The fourth-order valence-electron chi connectivity index (χ4n) is 1.04. The normalized spacial score (nSPS) is 10.4. The lowest BCUT2D eigenvalue weighted by Crippen LogP contribution is -2.04. The number of aliphatic carboxylic acids is 1. The Bertz CT molecular complexity index is 371. The van der Waals surface area contributed by atoms with E-state index in [2.05, 4.69) is 4.98 Å². The molecule has 0 unspecified atom stereocenters. The highest BCUT2D eigenvalue weighted by Gasteiger charge is 2.04. The molecule has 1 aromatic heterocycles. The quantitative estimate of drug-likeness (QED) is 0.740. The molecule has 0 atom stereocenters. The van der Waals surface area contributed by atoms with Crippen molar-refractivity contribution in [3.63, 3.8) is 0 Å². The van der Waals surface area contributed by atoms with E-state index in [1.807, 2.05) is 6.07 Å². The lowest BCUT2D eigenvalue weighted by atomic mass is 10.2. The summed E-state index contributed by atoms with van der Waals surface area (Å²) in [5, 5.41) is 8.35. The maximum Gasteiger partial charge on any atom is 0.310 e. The molecule has 0 aliphatic heterocycles. The number of carbonyl (C=O) groups excluding carboxylic acids is 1.